The van der Waals surface area contributed by atoms with Crippen molar-refractivity contribution < 1.29 is 14.2 Å². The van der Waals surface area contributed by atoms with Gasteiger partial charge in [0.15, 0.2) is 0 Å². The molecule has 0 atom stereocenters. The van der Waals surface area contributed by atoms with Gasteiger partial charge < -0.3 is 19.5 Å². The van der Waals surface area contributed by atoms with Crippen molar-refractivity contribution in [1.29, 1.82) is 0 Å². The molecule has 0 aromatic rings. The zero-order valence-electron chi connectivity index (χ0n) is 11.6. The first-order chi connectivity index (χ1) is 8.91. The third kappa shape index (κ3) is 15.4. The molecule has 4 heteroatoms. The van der Waals surface area contributed by atoms with Gasteiger partial charge in [-0.3, -0.25) is 0 Å². The van der Waals surface area contributed by atoms with E-state index in [0.717, 1.165) is 32.5 Å². The predicted octanol–water partition coefficient (Wildman–Crippen LogP) is 1.45. The predicted molar refractivity (Wildman–Crippen MR) is 73.7 cm³/mol. The molecule has 0 aromatic heterocycles. The Morgan fingerprint density at radius 3 is 2.11 bits per heavy atom. The van der Waals surface area contributed by atoms with Crippen LogP contribution in [0.25, 0.3) is 0 Å². The van der Waals surface area contributed by atoms with Crippen LogP contribution < -0.4 is 5.32 Å². The lowest BCUT2D eigenvalue weighted by Gasteiger charge is -2.07. The van der Waals surface area contributed by atoms with Crippen LogP contribution in [-0.2, 0) is 14.2 Å². The van der Waals surface area contributed by atoms with Crippen LogP contribution in [0.1, 0.15) is 26.2 Å². The van der Waals surface area contributed by atoms with E-state index in [1.54, 1.807) is 0 Å². The van der Waals surface area contributed by atoms with Crippen molar-refractivity contribution >= 4 is 0 Å². The van der Waals surface area contributed by atoms with Crippen molar-refractivity contribution in [2.24, 2.45) is 0 Å². The van der Waals surface area contributed by atoms with E-state index in [9.17, 15) is 0 Å². The van der Waals surface area contributed by atoms with Crippen LogP contribution in [0.2, 0.25) is 0 Å². The van der Waals surface area contributed by atoms with Gasteiger partial charge in [0.25, 0.3) is 0 Å². The summed E-state index contributed by atoms with van der Waals surface area (Å²) in [4.78, 5) is 0. The Hall–Kier alpha value is -0.600. The minimum Gasteiger partial charge on any atom is -0.379 e. The average Bonchev–Trinajstić information content (AvgIpc) is 2.39. The van der Waals surface area contributed by atoms with Gasteiger partial charge in [-0.25, -0.2) is 0 Å². The van der Waals surface area contributed by atoms with E-state index in [4.69, 9.17) is 20.6 Å². The molecule has 0 unspecified atom stereocenters. The second kappa shape index (κ2) is 16.4. The fraction of sp³-hybridized carbons (Fsp3) is 0.857. The first kappa shape index (κ1) is 17.4. The number of nitrogens with one attached hydrogen (secondary N) is 1. The average molecular weight is 257 g/mol. The van der Waals surface area contributed by atoms with Crippen molar-refractivity contribution in [3.05, 3.63) is 0 Å². The summed E-state index contributed by atoms with van der Waals surface area (Å²) in [6.07, 6.45) is 8.18. The molecule has 0 aromatic carbocycles. The van der Waals surface area contributed by atoms with Gasteiger partial charge in [0.2, 0.25) is 0 Å². The van der Waals surface area contributed by atoms with Crippen LogP contribution in [0, 0.1) is 12.3 Å². The lowest BCUT2D eigenvalue weighted by atomic mass is 10.4. The Labute approximate surface area is 111 Å². The van der Waals surface area contributed by atoms with E-state index in [-0.39, 0.29) is 0 Å². The van der Waals surface area contributed by atoms with E-state index < -0.39 is 0 Å². The summed E-state index contributed by atoms with van der Waals surface area (Å²) in [7, 11) is 0. The van der Waals surface area contributed by atoms with E-state index in [1.807, 2.05) is 0 Å². The van der Waals surface area contributed by atoms with E-state index in [1.165, 1.54) is 6.42 Å². The molecule has 1 N–H and O–H groups in total. The zero-order valence-corrected chi connectivity index (χ0v) is 11.6. The van der Waals surface area contributed by atoms with Crippen molar-refractivity contribution in [3.63, 3.8) is 0 Å². The van der Waals surface area contributed by atoms with Gasteiger partial charge in [-0.2, -0.15) is 0 Å². The number of hydrogen-bond acceptors (Lipinski definition) is 4. The van der Waals surface area contributed by atoms with Gasteiger partial charge in [0.05, 0.1) is 33.0 Å². The molecule has 0 aliphatic carbocycles. The van der Waals surface area contributed by atoms with Gasteiger partial charge in [-0.15, -0.1) is 12.3 Å². The number of terminal acetylenes is 1. The molecule has 0 spiro atoms. The normalized spacial score (nSPS) is 10.4. The molecule has 0 saturated carbocycles. The molecular weight excluding hydrogens is 230 g/mol. The third-order valence-electron chi connectivity index (χ3n) is 2.26. The van der Waals surface area contributed by atoms with E-state index in [0.29, 0.717) is 33.0 Å². The minimum atomic E-state index is 0.626. The zero-order chi connectivity index (χ0) is 13.3. The molecular formula is C14H27NO3. The summed E-state index contributed by atoms with van der Waals surface area (Å²) in [5.41, 5.74) is 0. The van der Waals surface area contributed by atoms with Gasteiger partial charge in [-0.1, -0.05) is 13.3 Å². The molecule has 0 amide bonds. The first-order valence-corrected chi connectivity index (χ1v) is 6.79. The van der Waals surface area contributed by atoms with Gasteiger partial charge in [0.1, 0.15) is 0 Å². The number of rotatable bonds is 14. The monoisotopic (exact) mass is 257 g/mol. The topological polar surface area (TPSA) is 39.7 Å². The molecule has 0 bridgehead atoms. The second-order valence-corrected chi connectivity index (χ2v) is 3.89. The molecule has 4 nitrogen and oxygen atoms in total. The van der Waals surface area contributed by atoms with Crippen LogP contribution in [0.4, 0.5) is 0 Å². The lowest BCUT2D eigenvalue weighted by Crippen LogP contribution is -2.21. The SMILES string of the molecule is C#CCCNCCOCCOCCOCCCC. The Morgan fingerprint density at radius 2 is 1.50 bits per heavy atom. The van der Waals surface area contributed by atoms with Crippen LogP contribution in [0.15, 0.2) is 0 Å². The van der Waals surface area contributed by atoms with Crippen LogP contribution in [0.5, 0.6) is 0 Å². The molecule has 0 saturated heterocycles. The number of ether oxygens (including phenoxy) is 3. The first-order valence-electron chi connectivity index (χ1n) is 6.79. The molecule has 0 fully saturated rings. The summed E-state index contributed by atoms with van der Waals surface area (Å²) >= 11 is 0. The molecule has 0 aliphatic rings. The summed E-state index contributed by atoms with van der Waals surface area (Å²) in [6.45, 7) is 7.95. The van der Waals surface area contributed by atoms with Crippen molar-refractivity contribution in [1.82, 2.24) is 5.32 Å². The maximum atomic E-state index is 5.38. The summed E-state index contributed by atoms with van der Waals surface area (Å²) < 4.78 is 16.1. The van der Waals surface area contributed by atoms with Crippen LogP contribution in [-0.4, -0.2) is 52.7 Å². The Kier molecular flexibility index (Phi) is 15.9. The molecule has 106 valence electrons. The smallest absolute Gasteiger partial charge is 0.0701 e. The Balaban J connectivity index is 2.89. The van der Waals surface area contributed by atoms with Crippen molar-refractivity contribution in [3.8, 4) is 12.3 Å². The largest absolute Gasteiger partial charge is 0.379 e. The Morgan fingerprint density at radius 1 is 0.889 bits per heavy atom. The Bertz CT molecular complexity index is 192. The van der Waals surface area contributed by atoms with Crippen LogP contribution in [0.3, 0.4) is 0 Å². The fourth-order valence-electron chi connectivity index (χ4n) is 1.22. The van der Waals surface area contributed by atoms with E-state index in [2.05, 4.69) is 18.2 Å². The highest BCUT2D eigenvalue weighted by molar-refractivity contribution is 4.83. The summed E-state index contributed by atoms with van der Waals surface area (Å²) in [5, 5.41) is 3.19. The second-order valence-electron chi connectivity index (χ2n) is 3.89. The highest BCUT2D eigenvalue weighted by Crippen LogP contribution is 1.87. The highest BCUT2D eigenvalue weighted by Gasteiger charge is 1.91. The van der Waals surface area contributed by atoms with E-state index >= 15 is 0 Å². The fourth-order valence-corrected chi connectivity index (χ4v) is 1.22. The maximum absolute atomic E-state index is 5.38. The quantitative estimate of drug-likeness (QED) is 0.378. The third-order valence-corrected chi connectivity index (χ3v) is 2.26. The van der Waals surface area contributed by atoms with Crippen molar-refractivity contribution in [2.45, 2.75) is 26.2 Å². The van der Waals surface area contributed by atoms with Crippen LogP contribution >= 0.6 is 0 Å². The minimum absolute atomic E-state index is 0.626. The molecule has 0 radical (unpaired) electrons. The highest BCUT2D eigenvalue weighted by atomic mass is 16.5. The molecule has 0 rings (SSSR count). The lowest BCUT2D eigenvalue weighted by molar-refractivity contribution is 0.0147. The number of unbranched alkanes of at least 4 members (excludes halogenated alkanes) is 1. The van der Waals surface area contributed by atoms with Gasteiger partial charge in [0, 0.05) is 26.1 Å². The molecule has 0 heterocycles. The van der Waals surface area contributed by atoms with Gasteiger partial charge in [-0.05, 0) is 6.42 Å². The van der Waals surface area contributed by atoms with Crippen molar-refractivity contribution in [2.75, 3.05) is 52.7 Å². The molecule has 18 heavy (non-hydrogen) atoms. The van der Waals surface area contributed by atoms with Gasteiger partial charge >= 0.3 is 0 Å². The summed E-state index contributed by atoms with van der Waals surface area (Å²) in [6, 6.07) is 0. The maximum Gasteiger partial charge on any atom is 0.0701 e. The number of hydrogen-bond donors (Lipinski definition) is 1. The molecule has 0 aliphatic heterocycles. The summed E-state index contributed by atoms with van der Waals surface area (Å²) in [5.74, 6) is 2.58. The standard InChI is InChI=1S/C14H27NO3/c1-3-5-7-15-8-10-17-12-14-18-13-11-16-9-6-4-2/h1,15H,4-14H2,2H3.